The first-order valence-electron chi connectivity index (χ1n) is 7.03. The van der Waals surface area contributed by atoms with Gasteiger partial charge in [0.15, 0.2) is 11.2 Å². The number of hydrogen-bond acceptors (Lipinski definition) is 4. The lowest BCUT2D eigenvalue weighted by Crippen LogP contribution is -2.41. The molecule has 0 aromatic carbocycles. The lowest BCUT2D eigenvalue weighted by molar-refractivity contribution is -0.122. The van der Waals surface area contributed by atoms with E-state index >= 15 is 0 Å². The summed E-state index contributed by atoms with van der Waals surface area (Å²) in [7, 11) is 2.99. The van der Waals surface area contributed by atoms with Crippen LogP contribution in [0.5, 0.6) is 0 Å². The summed E-state index contributed by atoms with van der Waals surface area (Å²) in [5, 5.41) is 2.86. The molecule has 0 atom stereocenters. The Kier molecular flexibility index (Phi) is 3.95. The number of hydrogen-bond donors (Lipinski definition) is 1. The molecule has 0 aliphatic heterocycles. The number of aryl methyl sites for hydroxylation is 2. The van der Waals surface area contributed by atoms with Crippen molar-refractivity contribution in [3.05, 3.63) is 27.2 Å². The smallest absolute Gasteiger partial charge is 0.332 e. The number of carbonyl (C=O) groups excluding carboxylic acids is 1. The molecule has 8 heteroatoms. The zero-order valence-electron chi connectivity index (χ0n) is 13.5. The van der Waals surface area contributed by atoms with Crippen molar-refractivity contribution in [3.63, 3.8) is 0 Å². The van der Waals surface area contributed by atoms with E-state index in [2.05, 4.69) is 10.3 Å². The average molecular weight is 307 g/mol. The summed E-state index contributed by atoms with van der Waals surface area (Å²) in [4.78, 5) is 40.1. The van der Waals surface area contributed by atoms with Crippen molar-refractivity contribution >= 4 is 17.1 Å². The molecule has 0 saturated heterocycles. The van der Waals surface area contributed by atoms with Crippen LogP contribution in [-0.2, 0) is 25.4 Å². The van der Waals surface area contributed by atoms with Crippen LogP contribution in [0.25, 0.3) is 11.2 Å². The van der Waals surface area contributed by atoms with Crippen LogP contribution in [0.3, 0.4) is 0 Å². The number of nitrogens with zero attached hydrogens (tertiary/aromatic N) is 4. The maximum Gasteiger partial charge on any atom is 0.332 e. The van der Waals surface area contributed by atoms with Crippen LogP contribution in [0.15, 0.2) is 15.9 Å². The van der Waals surface area contributed by atoms with Crippen LogP contribution >= 0.6 is 0 Å². The quantitative estimate of drug-likeness (QED) is 0.845. The van der Waals surface area contributed by atoms with Crippen LogP contribution in [0.2, 0.25) is 0 Å². The highest BCUT2D eigenvalue weighted by atomic mass is 16.2. The van der Waals surface area contributed by atoms with Gasteiger partial charge >= 0.3 is 5.69 Å². The van der Waals surface area contributed by atoms with Crippen LogP contribution in [0, 0.1) is 0 Å². The summed E-state index contributed by atoms with van der Waals surface area (Å²) in [6.07, 6.45) is 1.71. The highest BCUT2D eigenvalue weighted by Gasteiger charge is 2.16. The third-order valence-electron chi connectivity index (χ3n) is 3.31. The lowest BCUT2D eigenvalue weighted by Gasteiger charge is -2.20. The van der Waals surface area contributed by atoms with Crippen molar-refractivity contribution < 1.29 is 4.79 Å². The fourth-order valence-electron chi connectivity index (χ4n) is 2.27. The van der Waals surface area contributed by atoms with Gasteiger partial charge < -0.3 is 9.88 Å². The Morgan fingerprint density at radius 1 is 1.23 bits per heavy atom. The van der Waals surface area contributed by atoms with Gasteiger partial charge in [-0.25, -0.2) is 9.78 Å². The normalized spacial score (nSPS) is 11.9. The minimum atomic E-state index is -0.423. The zero-order chi connectivity index (χ0) is 16.7. The van der Waals surface area contributed by atoms with E-state index in [1.807, 2.05) is 20.8 Å². The summed E-state index contributed by atoms with van der Waals surface area (Å²) >= 11 is 0. The number of amides is 1. The van der Waals surface area contributed by atoms with E-state index in [-0.39, 0.29) is 17.9 Å². The van der Waals surface area contributed by atoms with E-state index in [0.29, 0.717) is 17.7 Å². The monoisotopic (exact) mass is 307 g/mol. The van der Waals surface area contributed by atoms with E-state index in [4.69, 9.17) is 0 Å². The lowest BCUT2D eigenvalue weighted by atomic mass is 10.1. The second kappa shape index (κ2) is 5.43. The van der Waals surface area contributed by atoms with E-state index in [9.17, 15) is 14.4 Å². The molecule has 2 aromatic heterocycles. The summed E-state index contributed by atoms with van der Waals surface area (Å²) in [6.45, 7) is 6.04. The molecular formula is C14H21N5O3. The molecule has 0 aliphatic carbocycles. The van der Waals surface area contributed by atoms with Crippen molar-refractivity contribution in [1.82, 2.24) is 24.0 Å². The Labute approximate surface area is 127 Å². The second-order valence-corrected chi connectivity index (χ2v) is 6.36. The molecule has 1 N–H and O–H groups in total. The Hall–Kier alpha value is -2.38. The molecule has 2 heterocycles. The Balaban J connectivity index is 2.33. The molecule has 0 radical (unpaired) electrons. The van der Waals surface area contributed by atoms with Gasteiger partial charge in [0.2, 0.25) is 5.91 Å². The van der Waals surface area contributed by atoms with Crippen molar-refractivity contribution in [1.29, 1.82) is 0 Å². The molecule has 2 aromatic rings. The molecule has 0 spiro atoms. The Morgan fingerprint density at radius 2 is 1.86 bits per heavy atom. The van der Waals surface area contributed by atoms with Gasteiger partial charge in [0.05, 0.1) is 6.33 Å². The molecule has 0 fully saturated rings. The molecule has 120 valence electrons. The molecule has 0 saturated carbocycles. The van der Waals surface area contributed by atoms with Gasteiger partial charge in [0.1, 0.15) is 0 Å². The highest BCUT2D eigenvalue weighted by molar-refractivity contribution is 5.77. The van der Waals surface area contributed by atoms with Crippen molar-refractivity contribution in [2.24, 2.45) is 14.1 Å². The zero-order valence-corrected chi connectivity index (χ0v) is 13.5. The van der Waals surface area contributed by atoms with Gasteiger partial charge in [-0.2, -0.15) is 0 Å². The number of carbonyl (C=O) groups is 1. The number of fused-ring (bicyclic) bond motifs is 1. The van der Waals surface area contributed by atoms with Crippen molar-refractivity contribution in [2.45, 2.75) is 39.3 Å². The molecule has 0 aliphatic rings. The van der Waals surface area contributed by atoms with Crippen LogP contribution < -0.4 is 16.6 Å². The SMILES string of the molecule is Cn1c(=O)c2c(ncn2CCC(=O)NC(C)(C)C)n(C)c1=O. The average Bonchev–Trinajstić information content (AvgIpc) is 2.82. The van der Waals surface area contributed by atoms with Gasteiger partial charge in [0.25, 0.3) is 5.56 Å². The predicted molar refractivity (Wildman–Crippen MR) is 82.7 cm³/mol. The first-order chi connectivity index (χ1) is 10.1. The van der Waals surface area contributed by atoms with Crippen molar-refractivity contribution in [3.8, 4) is 0 Å². The number of nitrogens with one attached hydrogen (secondary N) is 1. The predicted octanol–water partition coefficient (Wildman–Crippen LogP) is -0.261. The molecule has 2 rings (SSSR count). The number of imidazole rings is 1. The van der Waals surface area contributed by atoms with Gasteiger partial charge in [-0.1, -0.05) is 0 Å². The van der Waals surface area contributed by atoms with E-state index < -0.39 is 11.2 Å². The third kappa shape index (κ3) is 2.95. The van der Waals surface area contributed by atoms with Gasteiger partial charge in [-0.05, 0) is 20.8 Å². The first kappa shape index (κ1) is 16.0. The highest BCUT2D eigenvalue weighted by Crippen LogP contribution is 2.07. The second-order valence-electron chi connectivity index (χ2n) is 6.36. The topological polar surface area (TPSA) is 90.9 Å². The summed E-state index contributed by atoms with van der Waals surface area (Å²) < 4.78 is 3.97. The van der Waals surface area contributed by atoms with Gasteiger partial charge in [-0.3, -0.25) is 18.7 Å². The Morgan fingerprint density at radius 3 is 2.45 bits per heavy atom. The van der Waals surface area contributed by atoms with Gasteiger partial charge in [-0.15, -0.1) is 0 Å². The fourth-order valence-corrected chi connectivity index (χ4v) is 2.27. The molecule has 0 bridgehead atoms. The van der Waals surface area contributed by atoms with Gasteiger partial charge in [0, 0.05) is 32.6 Å². The van der Waals surface area contributed by atoms with Crippen LogP contribution in [0.4, 0.5) is 0 Å². The summed E-state index contributed by atoms with van der Waals surface area (Å²) in [5.41, 5.74) is -0.480. The van der Waals surface area contributed by atoms with Crippen LogP contribution in [0.1, 0.15) is 27.2 Å². The van der Waals surface area contributed by atoms with E-state index in [1.165, 1.54) is 17.9 Å². The van der Waals surface area contributed by atoms with Crippen molar-refractivity contribution in [2.75, 3.05) is 0 Å². The number of rotatable bonds is 3. The third-order valence-corrected chi connectivity index (χ3v) is 3.31. The van der Waals surface area contributed by atoms with E-state index in [1.54, 1.807) is 11.6 Å². The number of aromatic nitrogens is 4. The molecule has 8 nitrogen and oxygen atoms in total. The summed E-state index contributed by atoms with van der Waals surface area (Å²) in [6, 6.07) is 0. The minimum Gasteiger partial charge on any atom is -0.351 e. The molecule has 22 heavy (non-hydrogen) atoms. The largest absolute Gasteiger partial charge is 0.351 e. The molecular weight excluding hydrogens is 286 g/mol. The standard InChI is InChI=1S/C14H21N5O3/c1-14(2,3)16-9(20)6-7-19-8-15-11-10(19)12(21)18(5)13(22)17(11)4/h8H,6-7H2,1-5H3,(H,16,20). The first-order valence-corrected chi connectivity index (χ1v) is 7.03. The van der Waals surface area contributed by atoms with Crippen LogP contribution in [-0.4, -0.2) is 30.1 Å². The van der Waals surface area contributed by atoms with E-state index in [0.717, 1.165) is 4.57 Å². The maximum atomic E-state index is 12.2. The summed E-state index contributed by atoms with van der Waals surface area (Å²) in [5.74, 6) is -0.101. The molecule has 1 amide bonds. The fraction of sp³-hybridized carbons (Fsp3) is 0.571. The minimum absolute atomic E-state index is 0.101. The molecule has 0 unspecified atom stereocenters. The maximum absolute atomic E-state index is 12.2. The Bertz CT molecular complexity index is 835.